The fourth-order valence-corrected chi connectivity index (χ4v) is 2.06. The fraction of sp³-hybridized carbons (Fsp3) is 0.0714. The van der Waals surface area contributed by atoms with Gasteiger partial charge in [0, 0.05) is 10.5 Å². The summed E-state index contributed by atoms with van der Waals surface area (Å²) >= 11 is 3.18. The van der Waals surface area contributed by atoms with Crippen LogP contribution in [0.15, 0.2) is 40.9 Å². The molecule has 0 spiro atoms. The van der Waals surface area contributed by atoms with E-state index in [9.17, 15) is 9.18 Å². The van der Waals surface area contributed by atoms with E-state index in [2.05, 4.69) is 15.9 Å². The van der Waals surface area contributed by atoms with Crippen LogP contribution in [-0.2, 0) is 0 Å². The number of carboxylic acid groups (broad SMARTS) is 1. The van der Waals surface area contributed by atoms with Crippen LogP contribution in [0, 0.1) is 12.7 Å². The Balaban J connectivity index is 2.30. The summed E-state index contributed by atoms with van der Waals surface area (Å²) in [4.78, 5) is 10.8. The van der Waals surface area contributed by atoms with Crippen molar-refractivity contribution >= 4 is 21.9 Å². The van der Waals surface area contributed by atoms with Crippen molar-refractivity contribution in [2.24, 2.45) is 0 Å². The first-order valence-corrected chi connectivity index (χ1v) is 6.23. The van der Waals surface area contributed by atoms with E-state index in [1.165, 1.54) is 24.3 Å². The highest BCUT2D eigenvalue weighted by Gasteiger charge is 2.08. The lowest BCUT2D eigenvalue weighted by molar-refractivity contribution is 0.0697. The largest absolute Gasteiger partial charge is 0.478 e. The Bertz CT molecular complexity index is 620. The maximum absolute atomic E-state index is 13.2. The van der Waals surface area contributed by atoms with Crippen molar-refractivity contribution in [2.45, 2.75) is 6.92 Å². The molecular weight excluding hydrogens is 315 g/mol. The van der Waals surface area contributed by atoms with Gasteiger partial charge >= 0.3 is 5.97 Å². The van der Waals surface area contributed by atoms with Crippen LogP contribution < -0.4 is 4.74 Å². The van der Waals surface area contributed by atoms with Crippen molar-refractivity contribution in [2.75, 3.05) is 0 Å². The highest BCUT2D eigenvalue weighted by atomic mass is 79.9. The predicted molar refractivity (Wildman–Crippen MR) is 72.3 cm³/mol. The van der Waals surface area contributed by atoms with Gasteiger partial charge in [-0.25, -0.2) is 9.18 Å². The van der Waals surface area contributed by atoms with Crippen LogP contribution in [0.4, 0.5) is 4.39 Å². The minimum absolute atomic E-state index is 0.185. The SMILES string of the molecule is Cc1cc(C(=O)O)ccc1Oc1cc(F)cc(Br)c1. The van der Waals surface area contributed by atoms with Crippen LogP contribution in [0.5, 0.6) is 11.5 Å². The normalized spacial score (nSPS) is 10.3. The predicted octanol–water partition coefficient (Wildman–Crippen LogP) is 4.39. The van der Waals surface area contributed by atoms with Crippen LogP contribution >= 0.6 is 15.9 Å². The summed E-state index contributed by atoms with van der Waals surface area (Å²) in [6, 6.07) is 8.72. The Morgan fingerprint density at radius 3 is 2.58 bits per heavy atom. The average Bonchev–Trinajstić information content (AvgIpc) is 2.30. The van der Waals surface area contributed by atoms with Gasteiger partial charge in [0.2, 0.25) is 0 Å². The molecule has 98 valence electrons. The summed E-state index contributed by atoms with van der Waals surface area (Å²) in [7, 11) is 0. The molecule has 0 saturated carbocycles. The van der Waals surface area contributed by atoms with Crippen molar-refractivity contribution in [3.63, 3.8) is 0 Å². The fourth-order valence-electron chi connectivity index (χ4n) is 1.61. The summed E-state index contributed by atoms with van der Waals surface area (Å²) in [5.74, 6) is -0.576. The third kappa shape index (κ3) is 3.32. The molecule has 0 heterocycles. The molecule has 2 rings (SSSR count). The molecule has 3 nitrogen and oxygen atoms in total. The third-order valence-corrected chi connectivity index (χ3v) is 2.94. The minimum Gasteiger partial charge on any atom is -0.478 e. The molecule has 0 atom stereocenters. The van der Waals surface area contributed by atoms with Gasteiger partial charge in [-0.2, -0.15) is 0 Å². The van der Waals surface area contributed by atoms with Gasteiger partial charge < -0.3 is 9.84 Å². The summed E-state index contributed by atoms with van der Waals surface area (Å²) in [5, 5.41) is 8.87. The molecule has 19 heavy (non-hydrogen) atoms. The molecule has 0 aromatic heterocycles. The molecule has 0 radical (unpaired) electrons. The third-order valence-electron chi connectivity index (χ3n) is 2.49. The first kappa shape index (κ1) is 13.5. The number of benzene rings is 2. The van der Waals surface area contributed by atoms with Crippen LogP contribution in [-0.4, -0.2) is 11.1 Å². The monoisotopic (exact) mass is 324 g/mol. The number of carboxylic acids is 1. The lowest BCUT2D eigenvalue weighted by atomic mass is 10.1. The molecule has 1 N–H and O–H groups in total. The maximum Gasteiger partial charge on any atom is 0.335 e. The smallest absolute Gasteiger partial charge is 0.335 e. The van der Waals surface area contributed by atoms with E-state index in [1.54, 1.807) is 19.1 Å². The summed E-state index contributed by atoms with van der Waals surface area (Å²) in [6.07, 6.45) is 0. The molecule has 0 unspecified atom stereocenters. The standard InChI is InChI=1S/C14H10BrFO3/c1-8-4-9(14(17)18)2-3-13(8)19-12-6-10(15)5-11(16)7-12/h2-7H,1H3,(H,17,18). The Kier molecular flexibility index (Phi) is 3.85. The van der Waals surface area contributed by atoms with Crippen LogP contribution in [0.25, 0.3) is 0 Å². The van der Waals surface area contributed by atoms with Crippen LogP contribution in [0.3, 0.4) is 0 Å². The van der Waals surface area contributed by atoms with Gasteiger partial charge in [0.05, 0.1) is 5.56 Å². The van der Waals surface area contributed by atoms with Gasteiger partial charge in [-0.1, -0.05) is 15.9 Å². The molecule has 0 fully saturated rings. The topological polar surface area (TPSA) is 46.5 Å². The van der Waals surface area contributed by atoms with E-state index in [0.717, 1.165) is 0 Å². The molecule has 0 saturated heterocycles. The number of hydrogen-bond donors (Lipinski definition) is 1. The second-order valence-corrected chi connectivity index (χ2v) is 4.91. The zero-order valence-electron chi connectivity index (χ0n) is 9.98. The number of aryl methyl sites for hydroxylation is 1. The van der Waals surface area contributed by atoms with Crippen molar-refractivity contribution < 1.29 is 19.0 Å². The molecule has 0 aliphatic carbocycles. The average molecular weight is 325 g/mol. The Morgan fingerprint density at radius 2 is 2.00 bits per heavy atom. The van der Waals surface area contributed by atoms with E-state index in [1.807, 2.05) is 0 Å². The summed E-state index contributed by atoms with van der Waals surface area (Å²) in [6.45, 7) is 1.73. The molecule has 2 aromatic carbocycles. The van der Waals surface area contributed by atoms with Crippen molar-refractivity contribution in [1.82, 2.24) is 0 Å². The second kappa shape index (κ2) is 5.40. The van der Waals surface area contributed by atoms with Gasteiger partial charge in [0.25, 0.3) is 0 Å². The van der Waals surface area contributed by atoms with Gasteiger partial charge in [-0.3, -0.25) is 0 Å². The number of hydrogen-bond acceptors (Lipinski definition) is 2. The van der Waals surface area contributed by atoms with Gasteiger partial charge in [-0.15, -0.1) is 0 Å². The van der Waals surface area contributed by atoms with Crippen molar-refractivity contribution in [3.8, 4) is 11.5 Å². The maximum atomic E-state index is 13.2. The number of carbonyl (C=O) groups is 1. The highest BCUT2D eigenvalue weighted by molar-refractivity contribution is 9.10. The van der Waals surface area contributed by atoms with E-state index < -0.39 is 11.8 Å². The Hall–Kier alpha value is -1.88. The number of halogens is 2. The zero-order chi connectivity index (χ0) is 14.0. The Labute approximate surface area is 117 Å². The number of ether oxygens (including phenoxy) is 1. The molecule has 0 bridgehead atoms. The number of rotatable bonds is 3. The van der Waals surface area contributed by atoms with E-state index in [-0.39, 0.29) is 5.56 Å². The van der Waals surface area contributed by atoms with Crippen molar-refractivity contribution in [1.29, 1.82) is 0 Å². The van der Waals surface area contributed by atoms with Gasteiger partial charge in [0.15, 0.2) is 0 Å². The summed E-state index contributed by atoms with van der Waals surface area (Å²) < 4.78 is 19.3. The van der Waals surface area contributed by atoms with Crippen molar-refractivity contribution in [3.05, 3.63) is 57.8 Å². The highest BCUT2D eigenvalue weighted by Crippen LogP contribution is 2.28. The Morgan fingerprint density at radius 1 is 1.26 bits per heavy atom. The van der Waals surface area contributed by atoms with Gasteiger partial charge in [0.1, 0.15) is 17.3 Å². The van der Waals surface area contributed by atoms with E-state index in [0.29, 0.717) is 21.5 Å². The molecular formula is C14H10BrFO3. The molecule has 0 aliphatic heterocycles. The molecule has 0 aliphatic rings. The first-order valence-electron chi connectivity index (χ1n) is 5.43. The lowest BCUT2D eigenvalue weighted by Gasteiger charge is -2.09. The van der Waals surface area contributed by atoms with E-state index in [4.69, 9.17) is 9.84 Å². The lowest BCUT2D eigenvalue weighted by Crippen LogP contribution is -1.97. The molecule has 2 aromatic rings. The first-order chi connectivity index (χ1) is 8.95. The summed E-state index contributed by atoms with van der Waals surface area (Å²) in [5.41, 5.74) is 0.852. The molecule has 5 heteroatoms. The van der Waals surface area contributed by atoms with Gasteiger partial charge in [-0.05, 0) is 42.8 Å². The van der Waals surface area contributed by atoms with Crippen LogP contribution in [0.1, 0.15) is 15.9 Å². The molecule has 0 amide bonds. The zero-order valence-corrected chi connectivity index (χ0v) is 11.6. The van der Waals surface area contributed by atoms with Crippen LogP contribution in [0.2, 0.25) is 0 Å². The number of aromatic carboxylic acids is 1. The second-order valence-electron chi connectivity index (χ2n) is 3.99. The minimum atomic E-state index is -0.997. The quantitative estimate of drug-likeness (QED) is 0.910. The van der Waals surface area contributed by atoms with E-state index >= 15 is 0 Å².